The molecule has 4 heteroatoms. The highest BCUT2D eigenvalue weighted by Crippen LogP contribution is 2.25. The Kier molecular flexibility index (Phi) is 3.64. The molecule has 0 aliphatic carbocycles. The van der Waals surface area contributed by atoms with E-state index in [1.54, 1.807) is 12.1 Å². The van der Waals surface area contributed by atoms with Gasteiger partial charge in [0.2, 0.25) is 0 Å². The lowest BCUT2D eigenvalue weighted by molar-refractivity contribution is 0.247. The molecule has 1 aromatic rings. The zero-order valence-corrected chi connectivity index (χ0v) is 9.51. The van der Waals surface area contributed by atoms with Crippen LogP contribution < -0.4 is 5.73 Å². The molecule has 14 heavy (non-hydrogen) atoms. The summed E-state index contributed by atoms with van der Waals surface area (Å²) in [5.74, 6) is -0.312. The average molecular weight is 262 g/mol. The van der Waals surface area contributed by atoms with Crippen LogP contribution in [0.3, 0.4) is 0 Å². The van der Waals surface area contributed by atoms with Crippen LogP contribution in [0, 0.1) is 5.82 Å². The lowest BCUT2D eigenvalue weighted by Gasteiger charge is -2.24. The summed E-state index contributed by atoms with van der Waals surface area (Å²) in [5.41, 5.74) is 6.15. The molecule has 0 saturated heterocycles. The van der Waals surface area contributed by atoms with Gasteiger partial charge in [-0.25, -0.2) is 4.39 Å². The van der Waals surface area contributed by atoms with Crippen molar-refractivity contribution in [3.05, 3.63) is 34.1 Å². The third-order valence-corrected chi connectivity index (χ3v) is 2.82. The van der Waals surface area contributed by atoms with Crippen molar-refractivity contribution in [2.75, 3.05) is 6.61 Å². The molecule has 78 valence electrons. The van der Waals surface area contributed by atoms with Gasteiger partial charge < -0.3 is 10.8 Å². The van der Waals surface area contributed by atoms with Gasteiger partial charge in [-0.15, -0.1) is 0 Å². The summed E-state index contributed by atoms with van der Waals surface area (Å²) >= 11 is 3.10. The van der Waals surface area contributed by atoms with Crippen molar-refractivity contribution in [3.8, 4) is 0 Å². The Balaban J connectivity index is 3.01. The standard InChI is InChI=1S/C10H13BrFNO/c1-10(13,4-5-14)7-2-3-9(12)8(11)6-7/h2-3,6,14H,4-5,13H2,1H3. The van der Waals surface area contributed by atoms with E-state index in [1.165, 1.54) is 6.07 Å². The fraction of sp³-hybridized carbons (Fsp3) is 0.400. The molecule has 0 fully saturated rings. The first-order valence-electron chi connectivity index (χ1n) is 4.32. The van der Waals surface area contributed by atoms with Crippen molar-refractivity contribution in [3.63, 3.8) is 0 Å². The Morgan fingerprint density at radius 2 is 2.21 bits per heavy atom. The molecule has 0 spiro atoms. The summed E-state index contributed by atoms with van der Waals surface area (Å²) in [6.07, 6.45) is 0.449. The van der Waals surface area contributed by atoms with Crippen molar-refractivity contribution >= 4 is 15.9 Å². The molecule has 0 aliphatic heterocycles. The Morgan fingerprint density at radius 1 is 1.57 bits per heavy atom. The quantitative estimate of drug-likeness (QED) is 0.876. The summed E-state index contributed by atoms with van der Waals surface area (Å²) in [6, 6.07) is 4.64. The topological polar surface area (TPSA) is 46.2 Å². The second-order valence-corrected chi connectivity index (χ2v) is 4.37. The molecular formula is C10H13BrFNO. The molecule has 2 nitrogen and oxygen atoms in total. The van der Waals surface area contributed by atoms with Gasteiger partial charge in [0.1, 0.15) is 5.82 Å². The SMILES string of the molecule is CC(N)(CCO)c1ccc(F)c(Br)c1. The van der Waals surface area contributed by atoms with Crippen molar-refractivity contribution in [2.24, 2.45) is 5.73 Å². The van der Waals surface area contributed by atoms with Gasteiger partial charge in [-0.3, -0.25) is 0 Å². The number of aliphatic hydroxyl groups is 1. The molecule has 0 saturated carbocycles. The van der Waals surface area contributed by atoms with E-state index in [1.807, 2.05) is 6.92 Å². The first-order valence-corrected chi connectivity index (χ1v) is 5.12. The van der Waals surface area contributed by atoms with Crippen molar-refractivity contribution in [2.45, 2.75) is 18.9 Å². The maximum Gasteiger partial charge on any atom is 0.137 e. The van der Waals surface area contributed by atoms with Gasteiger partial charge in [0, 0.05) is 12.1 Å². The van der Waals surface area contributed by atoms with E-state index in [-0.39, 0.29) is 12.4 Å². The highest BCUT2D eigenvalue weighted by Gasteiger charge is 2.21. The van der Waals surface area contributed by atoms with E-state index in [9.17, 15) is 4.39 Å². The number of aliphatic hydroxyl groups excluding tert-OH is 1. The fourth-order valence-electron chi connectivity index (χ4n) is 1.23. The first kappa shape index (κ1) is 11.6. The second kappa shape index (κ2) is 4.38. The second-order valence-electron chi connectivity index (χ2n) is 3.52. The zero-order valence-electron chi connectivity index (χ0n) is 7.93. The minimum absolute atomic E-state index is 0.0159. The smallest absolute Gasteiger partial charge is 0.137 e. The number of halogens is 2. The predicted octanol–water partition coefficient (Wildman–Crippen LogP) is 2.14. The van der Waals surface area contributed by atoms with Gasteiger partial charge in [0.15, 0.2) is 0 Å². The maximum atomic E-state index is 12.9. The molecule has 1 atom stereocenters. The van der Waals surface area contributed by atoms with E-state index < -0.39 is 5.54 Å². The Labute approximate surface area is 91.1 Å². The van der Waals surface area contributed by atoms with Crippen LogP contribution in [0.25, 0.3) is 0 Å². The summed E-state index contributed by atoms with van der Waals surface area (Å²) in [5, 5.41) is 8.82. The van der Waals surface area contributed by atoms with E-state index in [2.05, 4.69) is 15.9 Å². The first-order chi connectivity index (χ1) is 6.47. The van der Waals surface area contributed by atoms with Crippen molar-refractivity contribution < 1.29 is 9.50 Å². The third-order valence-electron chi connectivity index (χ3n) is 2.21. The molecule has 0 aromatic heterocycles. The van der Waals surface area contributed by atoms with Gasteiger partial charge in [-0.2, -0.15) is 0 Å². The number of hydrogen-bond acceptors (Lipinski definition) is 2. The summed E-state index contributed by atoms with van der Waals surface area (Å²) in [7, 11) is 0. The minimum Gasteiger partial charge on any atom is -0.396 e. The number of nitrogens with two attached hydrogens (primary N) is 1. The maximum absolute atomic E-state index is 12.9. The largest absolute Gasteiger partial charge is 0.396 e. The van der Waals surface area contributed by atoms with E-state index >= 15 is 0 Å². The van der Waals surface area contributed by atoms with E-state index in [0.29, 0.717) is 10.9 Å². The molecular weight excluding hydrogens is 249 g/mol. The predicted molar refractivity (Wildman–Crippen MR) is 57.3 cm³/mol. The Bertz CT molecular complexity index is 328. The van der Waals surface area contributed by atoms with Crippen molar-refractivity contribution in [1.82, 2.24) is 0 Å². The normalized spacial score (nSPS) is 15.2. The van der Waals surface area contributed by atoms with Gasteiger partial charge in [0.25, 0.3) is 0 Å². The van der Waals surface area contributed by atoms with Gasteiger partial charge in [-0.05, 0) is 47.0 Å². The van der Waals surface area contributed by atoms with Crippen LogP contribution in [-0.4, -0.2) is 11.7 Å². The van der Waals surface area contributed by atoms with Crippen LogP contribution in [0.5, 0.6) is 0 Å². The monoisotopic (exact) mass is 261 g/mol. The number of hydrogen-bond donors (Lipinski definition) is 2. The van der Waals surface area contributed by atoms with E-state index in [0.717, 1.165) is 5.56 Å². The van der Waals surface area contributed by atoms with Crippen LogP contribution in [0.15, 0.2) is 22.7 Å². The minimum atomic E-state index is -0.620. The summed E-state index contributed by atoms with van der Waals surface area (Å²) in [6.45, 7) is 1.82. The molecule has 1 rings (SSSR count). The van der Waals surface area contributed by atoms with Gasteiger partial charge >= 0.3 is 0 Å². The van der Waals surface area contributed by atoms with Crippen LogP contribution in [-0.2, 0) is 5.54 Å². The fourth-order valence-corrected chi connectivity index (χ4v) is 1.61. The lowest BCUT2D eigenvalue weighted by Crippen LogP contribution is -2.34. The highest BCUT2D eigenvalue weighted by molar-refractivity contribution is 9.10. The van der Waals surface area contributed by atoms with Crippen molar-refractivity contribution in [1.29, 1.82) is 0 Å². The molecule has 0 amide bonds. The molecule has 1 unspecified atom stereocenters. The van der Waals surface area contributed by atoms with Gasteiger partial charge in [0.05, 0.1) is 4.47 Å². The summed E-state index contributed by atoms with van der Waals surface area (Å²) in [4.78, 5) is 0. The third kappa shape index (κ3) is 2.53. The van der Waals surface area contributed by atoms with Gasteiger partial charge in [-0.1, -0.05) is 6.07 Å². The molecule has 0 heterocycles. The van der Waals surface area contributed by atoms with Crippen LogP contribution in [0.2, 0.25) is 0 Å². The average Bonchev–Trinajstić information content (AvgIpc) is 2.09. The Hall–Kier alpha value is -0.450. The van der Waals surface area contributed by atoms with Crippen LogP contribution >= 0.6 is 15.9 Å². The Morgan fingerprint density at radius 3 is 2.71 bits per heavy atom. The molecule has 1 aromatic carbocycles. The van der Waals surface area contributed by atoms with Crippen LogP contribution in [0.4, 0.5) is 4.39 Å². The molecule has 3 N–H and O–H groups in total. The highest BCUT2D eigenvalue weighted by atomic mass is 79.9. The summed E-state index contributed by atoms with van der Waals surface area (Å²) < 4.78 is 13.3. The number of benzene rings is 1. The number of rotatable bonds is 3. The zero-order chi connectivity index (χ0) is 10.8. The molecule has 0 aliphatic rings. The van der Waals surface area contributed by atoms with E-state index in [4.69, 9.17) is 10.8 Å². The lowest BCUT2D eigenvalue weighted by atomic mass is 9.90. The van der Waals surface area contributed by atoms with Crippen LogP contribution in [0.1, 0.15) is 18.9 Å². The molecule has 0 radical (unpaired) electrons. The molecule has 0 bridgehead atoms.